The van der Waals surface area contributed by atoms with Crippen molar-refractivity contribution in [3.05, 3.63) is 83.4 Å². The lowest BCUT2D eigenvalue weighted by Gasteiger charge is -2.25. The predicted octanol–water partition coefficient (Wildman–Crippen LogP) is 4.65. The number of carboxylic acids is 1. The maximum atomic E-state index is 12.9. The minimum Gasteiger partial charge on any atom is -0.495 e. The number of carbonyl (C=O) groups is 3. The van der Waals surface area contributed by atoms with Crippen LogP contribution in [0.3, 0.4) is 0 Å². The molecular weight excluding hydrogens is 448 g/mol. The predicted molar refractivity (Wildman–Crippen MR) is 131 cm³/mol. The van der Waals surface area contributed by atoms with Crippen LogP contribution in [0.4, 0.5) is 10.5 Å². The molecule has 0 heterocycles. The van der Waals surface area contributed by atoms with Crippen LogP contribution in [0.2, 0.25) is 0 Å². The second kappa shape index (κ2) is 9.50. The highest BCUT2D eigenvalue weighted by Crippen LogP contribution is 2.44. The highest BCUT2D eigenvalue weighted by atomic mass is 16.5. The molecular formula is C27H26N2O6. The third-order valence-electron chi connectivity index (χ3n) is 6.02. The molecule has 2 amide bonds. The van der Waals surface area contributed by atoms with Gasteiger partial charge in [0.1, 0.15) is 17.9 Å². The van der Waals surface area contributed by atoms with Gasteiger partial charge in [-0.15, -0.1) is 0 Å². The van der Waals surface area contributed by atoms with Gasteiger partial charge in [-0.3, -0.25) is 4.79 Å². The third-order valence-corrected chi connectivity index (χ3v) is 6.02. The van der Waals surface area contributed by atoms with Gasteiger partial charge in [-0.2, -0.15) is 0 Å². The van der Waals surface area contributed by atoms with Gasteiger partial charge < -0.3 is 25.2 Å². The molecule has 8 heteroatoms. The molecule has 0 saturated carbocycles. The zero-order chi connectivity index (χ0) is 25.2. The van der Waals surface area contributed by atoms with E-state index < -0.39 is 23.5 Å². The molecule has 0 bridgehead atoms. The quantitative estimate of drug-likeness (QED) is 0.459. The number of amides is 2. The summed E-state index contributed by atoms with van der Waals surface area (Å²) < 4.78 is 10.7. The number of ether oxygens (including phenoxy) is 2. The minimum atomic E-state index is -1.35. The fourth-order valence-electron chi connectivity index (χ4n) is 4.16. The van der Waals surface area contributed by atoms with Gasteiger partial charge in [-0.25, -0.2) is 9.59 Å². The number of hydrogen-bond acceptors (Lipinski definition) is 5. The van der Waals surface area contributed by atoms with E-state index in [1.54, 1.807) is 0 Å². The fraction of sp³-hybridized carbons (Fsp3) is 0.222. The van der Waals surface area contributed by atoms with Crippen LogP contribution in [0, 0.1) is 0 Å². The first-order valence-corrected chi connectivity index (χ1v) is 11.1. The van der Waals surface area contributed by atoms with Crippen molar-refractivity contribution >= 4 is 23.7 Å². The van der Waals surface area contributed by atoms with Crippen LogP contribution in [0.1, 0.15) is 41.3 Å². The summed E-state index contributed by atoms with van der Waals surface area (Å²) in [7, 11) is 1.41. The van der Waals surface area contributed by atoms with Crippen LogP contribution in [0.15, 0.2) is 66.7 Å². The van der Waals surface area contributed by atoms with E-state index in [9.17, 15) is 19.5 Å². The molecule has 1 aliphatic carbocycles. The number of nitrogens with one attached hydrogen (secondary N) is 2. The van der Waals surface area contributed by atoms with Gasteiger partial charge >= 0.3 is 12.1 Å². The Bertz CT molecular complexity index is 1250. The summed E-state index contributed by atoms with van der Waals surface area (Å²) in [4.78, 5) is 36.9. The molecule has 0 fully saturated rings. The topological polar surface area (TPSA) is 114 Å². The molecule has 0 radical (unpaired) electrons. The number of methoxy groups -OCH3 is 1. The first kappa shape index (κ1) is 23.8. The Morgan fingerprint density at radius 3 is 2.11 bits per heavy atom. The number of carboxylic acid groups (broad SMARTS) is 1. The van der Waals surface area contributed by atoms with E-state index in [1.807, 2.05) is 36.4 Å². The molecule has 3 N–H and O–H groups in total. The van der Waals surface area contributed by atoms with E-state index in [4.69, 9.17) is 9.47 Å². The Morgan fingerprint density at radius 2 is 1.54 bits per heavy atom. The first-order valence-electron chi connectivity index (χ1n) is 11.1. The number of anilines is 1. The van der Waals surface area contributed by atoms with E-state index in [0.717, 1.165) is 22.3 Å². The fourth-order valence-corrected chi connectivity index (χ4v) is 4.16. The molecule has 180 valence electrons. The van der Waals surface area contributed by atoms with Crippen molar-refractivity contribution in [3.63, 3.8) is 0 Å². The SMILES string of the molecule is COc1ccc(C(=O)O)cc1NC(=O)C(C)(C)NC(=O)OCC1c2ccccc2-c2ccccc21. The van der Waals surface area contributed by atoms with Crippen molar-refractivity contribution in [2.45, 2.75) is 25.3 Å². The van der Waals surface area contributed by atoms with Crippen molar-refractivity contribution in [1.29, 1.82) is 0 Å². The van der Waals surface area contributed by atoms with Crippen molar-refractivity contribution in [1.82, 2.24) is 5.32 Å². The van der Waals surface area contributed by atoms with Gasteiger partial charge in [-0.05, 0) is 54.3 Å². The zero-order valence-corrected chi connectivity index (χ0v) is 19.6. The molecule has 3 aromatic rings. The van der Waals surface area contributed by atoms with E-state index in [1.165, 1.54) is 39.2 Å². The summed E-state index contributed by atoms with van der Waals surface area (Å²) in [6.07, 6.45) is -0.738. The number of rotatable bonds is 7. The summed E-state index contributed by atoms with van der Waals surface area (Å²) in [6, 6.07) is 20.1. The number of fused-ring (bicyclic) bond motifs is 3. The van der Waals surface area contributed by atoms with Crippen molar-refractivity contribution < 1.29 is 29.0 Å². The van der Waals surface area contributed by atoms with Crippen LogP contribution >= 0.6 is 0 Å². The molecule has 3 aromatic carbocycles. The lowest BCUT2D eigenvalue weighted by Crippen LogP contribution is -2.52. The normalized spacial score (nSPS) is 12.3. The summed E-state index contributed by atoms with van der Waals surface area (Å²) in [6.45, 7) is 3.17. The van der Waals surface area contributed by atoms with Crippen LogP contribution in [0.25, 0.3) is 11.1 Å². The number of hydrogen-bond donors (Lipinski definition) is 3. The molecule has 35 heavy (non-hydrogen) atoms. The molecule has 0 unspecified atom stereocenters. The summed E-state index contributed by atoms with van der Waals surface area (Å²) in [5.74, 6) is -1.51. The Morgan fingerprint density at radius 1 is 0.943 bits per heavy atom. The highest BCUT2D eigenvalue weighted by Gasteiger charge is 2.33. The molecule has 1 aliphatic rings. The molecule has 0 aromatic heterocycles. The monoisotopic (exact) mass is 474 g/mol. The average Bonchev–Trinajstić information content (AvgIpc) is 3.16. The van der Waals surface area contributed by atoms with E-state index in [0.29, 0.717) is 5.75 Å². The van der Waals surface area contributed by atoms with E-state index in [-0.39, 0.29) is 23.8 Å². The van der Waals surface area contributed by atoms with Crippen LogP contribution in [-0.4, -0.2) is 42.3 Å². The lowest BCUT2D eigenvalue weighted by atomic mass is 9.98. The van der Waals surface area contributed by atoms with E-state index >= 15 is 0 Å². The molecule has 0 spiro atoms. The van der Waals surface area contributed by atoms with Gasteiger partial charge in [0, 0.05) is 5.92 Å². The second-order valence-electron chi connectivity index (χ2n) is 8.75. The van der Waals surface area contributed by atoms with E-state index in [2.05, 4.69) is 22.8 Å². The van der Waals surface area contributed by atoms with Crippen LogP contribution < -0.4 is 15.4 Å². The Hall–Kier alpha value is -4.33. The van der Waals surface area contributed by atoms with Crippen molar-refractivity contribution in [3.8, 4) is 16.9 Å². The van der Waals surface area contributed by atoms with Gasteiger partial charge in [0.2, 0.25) is 5.91 Å². The largest absolute Gasteiger partial charge is 0.495 e. The second-order valence-corrected chi connectivity index (χ2v) is 8.75. The molecule has 0 saturated heterocycles. The highest BCUT2D eigenvalue weighted by molar-refractivity contribution is 6.01. The Labute approximate surface area is 202 Å². The number of alkyl carbamates (subject to hydrolysis) is 1. The lowest BCUT2D eigenvalue weighted by molar-refractivity contribution is -0.121. The summed E-state index contributed by atoms with van der Waals surface area (Å²) >= 11 is 0. The number of carbonyl (C=O) groups excluding carboxylic acids is 2. The number of aromatic carboxylic acids is 1. The number of benzene rings is 3. The smallest absolute Gasteiger partial charge is 0.408 e. The summed E-state index contributed by atoms with van der Waals surface area (Å²) in [5, 5.41) is 14.5. The molecule has 8 nitrogen and oxygen atoms in total. The van der Waals surface area contributed by atoms with Gasteiger partial charge in [0.25, 0.3) is 0 Å². The van der Waals surface area contributed by atoms with Gasteiger partial charge in [0.05, 0.1) is 18.4 Å². The standard InChI is InChI=1S/C27H26N2O6/c1-27(2,25(32)28-22-14-16(24(30)31)12-13-23(22)34-3)29-26(33)35-15-21-19-10-6-4-8-17(19)18-9-5-7-11-20(18)21/h4-14,21H,15H2,1-3H3,(H,28,32)(H,29,33)(H,30,31). The Balaban J connectivity index is 1.43. The molecule has 4 rings (SSSR count). The Kier molecular flexibility index (Phi) is 6.46. The molecule has 0 atom stereocenters. The first-order chi connectivity index (χ1) is 16.7. The van der Waals surface area contributed by atoms with Crippen molar-refractivity contribution in [2.24, 2.45) is 0 Å². The van der Waals surface area contributed by atoms with Crippen LogP contribution in [0.5, 0.6) is 5.75 Å². The summed E-state index contributed by atoms with van der Waals surface area (Å²) in [5.41, 5.74) is 3.23. The van der Waals surface area contributed by atoms with Crippen molar-refractivity contribution in [2.75, 3.05) is 19.0 Å². The van der Waals surface area contributed by atoms with Gasteiger partial charge in [0.15, 0.2) is 0 Å². The molecule has 0 aliphatic heterocycles. The minimum absolute atomic E-state index is 0.0107. The maximum Gasteiger partial charge on any atom is 0.408 e. The average molecular weight is 475 g/mol. The maximum absolute atomic E-state index is 12.9. The van der Waals surface area contributed by atoms with Crippen LogP contribution in [-0.2, 0) is 9.53 Å². The third kappa shape index (κ3) is 4.82. The zero-order valence-electron chi connectivity index (χ0n) is 19.6. The van der Waals surface area contributed by atoms with Gasteiger partial charge in [-0.1, -0.05) is 48.5 Å².